The van der Waals surface area contributed by atoms with Crippen LogP contribution in [0.15, 0.2) is 18.2 Å². The lowest BCUT2D eigenvalue weighted by atomic mass is 10.2. The highest BCUT2D eigenvalue weighted by atomic mass is 35.5. The maximum absolute atomic E-state index is 8.75. The Labute approximate surface area is 106 Å². The molecule has 16 heavy (non-hydrogen) atoms. The van der Waals surface area contributed by atoms with Gasteiger partial charge in [-0.3, -0.25) is 0 Å². The van der Waals surface area contributed by atoms with E-state index in [9.17, 15) is 0 Å². The largest absolute Gasteiger partial charge is 0.382 e. The Kier molecular flexibility index (Phi) is 5.51. The van der Waals surface area contributed by atoms with Crippen molar-refractivity contribution in [3.63, 3.8) is 0 Å². The molecule has 1 atom stereocenters. The van der Waals surface area contributed by atoms with E-state index < -0.39 is 0 Å². The number of rotatable bonds is 5. The summed E-state index contributed by atoms with van der Waals surface area (Å²) in [4.78, 5) is 0. The second-order valence-corrected chi connectivity index (χ2v) is 5.24. The molecule has 0 radical (unpaired) electrons. The highest BCUT2D eigenvalue weighted by Crippen LogP contribution is 2.21. The van der Waals surface area contributed by atoms with E-state index >= 15 is 0 Å². The van der Waals surface area contributed by atoms with Crippen molar-refractivity contribution in [1.82, 2.24) is 0 Å². The molecule has 0 aromatic heterocycles. The number of benzene rings is 1. The average molecular weight is 255 g/mol. The molecule has 1 rings (SSSR count). The summed E-state index contributed by atoms with van der Waals surface area (Å²) in [5.74, 6) is 2.19. The first-order valence-corrected chi connectivity index (χ1v) is 6.74. The van der Waals surface area contributed by atoms with Gasteiger partial charge in [0.2, 0.25) is 0 Å². The van der Waals surface area contributed by atoms with Crippen LogP contribution in [0.1, 0.15) is 19.4 Å². The normalized spacial score (nSPS) is 11.9. The number of hydrogen-bond donors (Lipinski definition) is 1. The summed E-state index contributed by atoms with van der Waals surface area (Å²) in [6.45, 7) is 4.28. The van der Waals surface area contributed by atoms with Gasteiger partial charge in [0.25, 0.3) is 0 Å². The van der Waals surface area contributed by atoms with Crippen LogP contribution >= 0.6 is 23.4 Å². The lowest BCUT2D eigenvalue weighted by Crippen LogP contribution is -2.17. The van der Waals surface area contributed by atoms with Crippen molar-refractivity contribution in [3.8, 4) is 6.07 Å². The summed E-state index contributed by atoms with van der Waals surface area (Å²) in [6, 6.07) is 7.87. The molecule has 0 bridgehead atoms. The van der Waals surface area contributed by atoms with Gasteiger partial charge in [-0.05, 0) is 30.9 Å². The van der Waals surface area contributed by atoms with Gasteiger partial charge in [-0.1, -0.05) is 18.5 Å². The van der Waals surface area contributed by atoms with Crippen LogP contribution in [0.5, 0.6) is 0 Å². The number of nitrogens with zero attached hydrogens (tertiary/aromatic N) is 1. The predicted molar refractivity (Wildman–Crippen MR) is 72.3 cm³/mol. The van der Waals surface area contributed by atoms with Crippen LogP contribution in [0.25, 0.3) is 0 Å². The fourth-order valence-electron chi connectivity index (χ4n) is 1.32. The van der Waals surface area contributed by atoms with Crippen LogP contribution in [-0.2, 0) is 0 Å². The highest BCUT2D eigenvalue weighted by molar-refractivity contribution is 7.99. The zero-order chi connectivity index (χ0) is 12.0. The number of nitriles is 1. The molecule has 0 aliphatic heterocycles. The van der Waals surface area contributed by atoms with E-state index in [0.29, 0.717) is 16.6 Å². The molecule has 0 saturated heterocycles. The molecular weight excluding hydrogens is 240 g/mol. The summed E-state index contributed by atoms with van der Waals surface area (Å²) < 4.78 is 0. The second-order valence-electron chi connectivity index (χ2n) is 3.51. The molecule has 1 N–H and O–H groups in total. The number of hydrogen-bond acceptors (Lipinski definition) is 3. The fraction of sp³-hybridized carbons (Fsp3) is 0.417. The van der Waals surface area contributed by atoms with Crippen molar-refractivity contribution in [2.75, 3.05) is 16.8 Å². The van der Waals surface area contributed by atoms with Gasteiger partial charge in [-0.15, -0.1) is 0 Å². The molecule has 0 amide bonds. The van der Waals surface area contributed by atoms with Crippen LogP contribution in [0.4, 0.5) is 5.69 Å². The van der Waals surface area contributed by atoms with Gasteiger partial charge >= 0.3 is 0 Å². The molecule has 0 aliphatic rings. The van der Waals surface area contributed by atoms with E-state index in [1.54, 1.807) is 12.1 Å². The first-order valence-electron chi connectivity index (χ1n) is 5.21. The summed E-state index contributed by atoms with van der Waals surface area (Å²) >= 11 is 7.85. The zero-order valence-corrected chi connectivity index (χ0v) is 11.0. The van der Waals surface area contributed by atoms with Crippen LogP contribution < -0.4 is 5.32 Å². The standard InChI is InChI=1S/C12H15ClN2S/c1-3-16-8-9(2)15-11-5-4-10(7-14)12(13)6-11/h4-6,9,15H,3,8H2,1-2H3. The molecule has 2 nitrogen and oxygen atoms in total. The van der Waals surface area contributed by atoms with E-state index in [1.807, 2.05) is 23.9 Å². The second kappa shape index (κ2) is 6.67. The minimum Gasteiger partial charge on any atom is -0.382 e. The van der Waals surface area contributed by atoms with E-state index in [-0.39, 0.29) is 0 Å². The first kappa shape index (κ1) is 13.2. The third-order valence-electron chi connectivity index (χ3n) is 2.07. The van der Waals surface area contributed by atoms with Crippen LogP contribution in [0.2, 0.25) is 5.02 Å². The molecule has 0 heterocycles. The monoisotopic (exact) mass is 254 g/mol. The maximum atomic E-state index is 8.75. The molecule has 1 unspecified atom stereocenters. The van der Waals surface area contributed by atoms with Gasteiger partial charge in [0, 0.05) is 17.5 Å². The number of anilines is 1. The smallest absolute Gasteiger partial charge is 0.101 e. The quantitative estimate of drug-likeness (QED) is 0.869. The van der Waals surface area contributed by atoms with Gasteiger partial charge in [0.15, 0.2) is 0 Å². The van der Waals surface area contributed by atoms with Crippen LogP contribution in [0, 0.1) is 11.3 Å². The van der Waals surface area contributed by atoms with Crippen molar-refractivity contribution in [1.29, 1.82) is 5.26 Å². The van der Waals surface area contributed by atoms with Gasteiger partial charge in [0.05, 0.1) is 10.6 Å². The Morgan fingerprint density at radius 2 is 2.31 bits per heavy atom. The zero-order valence-electron chi connectivity index (χ0n) is 9.46. The Balaban J connectivity index is 2.61. The maximum Gasteiger partial charge on any atom is 0.101 e. The van der Waals surface area contributed by atoms with E-state index in [1.165, 1.54) is 0 Å². The molecule has 86 valence electrons. The minimum absolute atomic E-state index is 0.397. The minimum atomic E-state index is 0.397. The molecule has 1 aromatic rings. The molecule has 1 aromatic carbocycles. The average Bonchev–Trinajstić information content (AvgIpc) is 2.26. The van der Waals surface area contributed by atoms with E-state index in [4.69, 9.17) is 16.9 Å². The Hall–Kier alpha value is -0.850. The van der Waals surface area contributed by atoms with Crippen molar-refractivity contribution < 1.29 is 0 Å². The Morgan fingerprint density at radius 1 is 1.56 bits per heavy atom. The summed E-state index contributed by atoms with van der Waals surface area (Å²) in [5.41, 5.74) is 1.48. The van der Waals surface area contributed by atoms with Crippen molar-refractivity contribution in [3.05, 3.63) is 28.8 Å². The van der Waals surface area contributed by atoms with E-state index in [0.717, 1.165) is 17.2 Å². The summed E-state index contributed by atoms with van der Waals surface area (Å²) in [7, 11) is 0. The SMILES string of the molecule is CCSCC(C)Nc1ccc(C#N)c(Cl)c1. The van der Waals surface area contributed by atoms with E-state index in [2.05, 4.69) is 19.2 Å². The molecule has 0 spiro atoms. The number of thioether (sulfide) groups is 1. The van der Waals surface area contributed by atoms with Gasteiger partial charge in [-0.25, -0.2) is 0 Å². The molecular formula is C12H15ClN2S. The molecule has 0 saturated carbocycles. The van der Waals surface area contributed by atoms with Crippen molar-refractivity contribution in [2.45, 2.75) is 19.9 Å². The first-order chi connectivity index (χ1) is 7.67. The molecule has 0 aliphatic carbocycles. The highest BCUT2D eigenvalue weighted by Gasteiger charge is 2.04. The van der Waals surface area contributed by atoms with Gasteiger partial charge < -0.3 is 5.32 Å². The molecule has 0 fully saturated rings. The predicted octanol–water partition coefficient (Wildman–Crippen LogP) is 3.77. The lowest BCUT2D eigenvalue weighted by molar-refractivity contribution is 0.913. The fourth-order valence-corrected chi connectivity index (χ4v) is 2.21. The number of nitrogens with one attached hydrogen (secondary N) is 1. The topological polar surface area (TPSA) is 35.8 Å². The Bertz CT molecular complexity index is 387. The van der Waals surface area contributed by atoms with Crippen molar-refractivity contribution in [2.24, 2.45) is 0 Å². The Morgan fingerprint density at radius 3 is 2.88 bits per heavy atom. The van der Waals surface area contributed by atoms with Crippen LogP contribution in [0.3, 0.4) is 0 Å². The van der Waals surface area contributed by atoms with Gasteiger partial charge in [-0.2, -0.15) is 17.0 Å². The third-order valence-corrected chi connectivity index (χ3v) is 3.53. The molecule has 4 heteroatoms. The summed E-state index contributed by atoms with van der Waals surface area (Å²) in [5, 5.41) is 12.6. The third kappa shape index (κ3) is 3.96. The van der Waals surface area contributed by atoms with Crippen molar-refractivity contribution >= 4 is 29.1 Å². The van der Waals surface area contributed by atoms with Crippen LogP contribution in [-0.4, -0.2) is 17.5 Å². The number of halogens is 1. The summed E-state index contributed by atoms with van der Waals surface area (Å²) in [6.07, 6.45) is 0. The van der Waals surface area contributed by atoms with Gasteiger partial charge in [0.1, 0.15) is 6.07 Å². The lowest BCUT2D eigenvalue weighted by Gasteiger charge is -2.14.